The van der Waals surface area contributed by atoms with Crippen LogP contribution in [-0.4, -0.2) is 22.6 Å². The number of aromatic nitrogens is 3. The fraction of sp³-hybridized carbons (Fsp3) is 0.0612. The smallest absolute Gasteiger partial charge is 0.120 e. The van der Waals surface area contributed by atoms with Crippen LogP contribution in [0.5, 0.6) is 0 Å². The van der Waals surface area contributed by atoms with Gasteiger partial charge in [-0.25, -0.2) is 0 Å². The van der Waals surface area contributed by atoms with Gasteiger partial charge in [0, 0.05) is 48.3 Å². The van der Waals surface area contributed by atoms with Crippen molar-refractivity contribution in [2.75, 3.05) is 0 Å². The van der Waals surface area contributed by atoms with E-state index < -0.39 is 8.07 Å². The van der Waals surface area contributed by atoms with Gasteiger partial charge in [0.15, 0.2) is 0 Å². The van der Waals surface area contributed by atoms with Crippen molar-refractivity contribution in [3.63, 3.8) is 0 Å². The van der Waals surface area contributed by atoms with Crippen LogP contribution in [0.3, 0.4) is 0 Å². The Labute approximate surface area is 335 Å². The Kier molecular flexibility index (Phi) is 9.89. The molecule has 55 heavy (non-hydrogen) atoms. The maximum absolute atomic E-state index is 6.44. The quantitative estimate of drug-likeness (QED) is 0.128. The monoisotopic (exact) mass is 904 g/mol. The number of nitrogens with zero attached hydrogens (tertiary/aromatic N) is 3. The molecule has 0 atom stereocenters. The summed E-state index contributed by atoms with van der Waals surface area (Å²) >= 11 is 0. The fourth-order valence-electron chi connectivity index (χ4n) is 7.16. The number of pyridine rings is 1. The summed E-state index contributed by atoms with van der Waals surface area (Å²) in [7, 11) is -1.23. The summed E-state index contributed by atoms with van der Waals surface area (Å²) in [4.78, 5) is 9.83. The molecule has 0 spiro atoms. The van der Waals surface area contributed by atoms with E-state index in [1.165, 1.54) is 10.6 Å². The molecule has 0 amide bonds. The Morgan fingerprint density at radius 3 is 2.15 bits per heavy atom. The second-order valence-corrected chi connectivity index (χ2v) is 19.5. The second kappa shape index (κ2) is 15.1. The topological polar surface area (TPSA) is 43.9 Å². The standard InChI is InChI=1S/C35H21N2O.C14H16NSi.Ir/c1-2-11-23(12-3-1)25-14-6-8-19-30(25)37-31-22-21-24-13-4-5-15-26(24)33(31)36-35(37)29-18-10-17-28-27-16-7-9-20-32(27)38-34(28)29;1-16(2,3)13-9-10-14(15-11-13)12-7-5-4-6-8-12;/h1-17,19-22H;4-7,9-11H,1-3H3;/q2*-1;. The molecule has 0 aliphatic heterocycles. The summed E-state index contributed by atoms with van der Waals surface area (Å²) in [5.41, 5.74) is 9.93. The van der Waals surface area contributed by atoms with E-state index in [1.54, 1.807) is 0 Å². The second-order valence-electron chi connectivity index (χ2n) is 14.5. The molecule has 4 nitrogen and oxygen atoms in total. The van der Waals surface area contributed by atoms with Crippen LogP contribution in [0.2, 0.25) is 19.6 Å². The number of imidazole rings is 1. The Morgan fingerprint density at radius 1 is 0.618 bits per heavy atom. The van der Waals surface area contributed by atoms with Crippen molar-refractivity contribution < 1.29 is 24.5 Å². The molecular weight excluding hydrogens is 867 g/mol. The van der Waals surface area contributed by atoms with Crippen molar-refractivity contribution in [1.29, 1.82) is 0 Å². The van der Waals surface area contributed by atoms with Gasteiger partial charge in [-0.05, 0) is 40.0 Å². The Bertz CT molecular complexity index is 2910. The Balaban J connectivity index is 0.000000212. The number of furan rings is 1. The van der Waals surface area contributed by atoms with Crippen molar-refractivity contribution >= 4 is 57.0 Å². The number of benzene rings is 7. The molecule has 0 N–H and O–H groups in total. The van der Waals surface area contributed by atoms with Gasteiger partial charge < -0.3 is 14.0 Å². The van der Waals surface area contributed by atoms with E-state index in [1.807, 2.05) is 60.8 Å². The van der Waals surface area contributed by atoms with Gasteiger partial charge >= 0.3 is 0 Å². The van der Waals surface area contributed by atoms with Crippen LogP contribution in [-0.2, 0) is 20.1 Å². The van der Waals surface area contributed by atoms with Gasteiger partial charge in [-0.2, -0.15) is 0 Å². The van der Waals surface area contributed by atoms with Gasteiger partial charge in [0.05, 0.1) is 30.5 Å². The van der Waals surface area contributed by atoms with Crippen molar-refractivity contribution in [1.82, 2.24) is 14.5 Å². The van der Waals surface area contributed by atoms with Crippen molar-refractivity contribution in [3.05, 3.63) is 182 Å². The zero-order valence-corrected chi connectivity index (χ0v) is 34.1. The zero-order chi connectivity index (χ0) is 36.6. The van der Waals surface area contributed by atoms with Crippen LogP contribution in [0.1, 0.15) is 0 Å². The predicted octanol–water partition coefficient (Wildman–Crippen LogP) is 12.3. The summed E-state index contributed by atoms with van der Waals surface area (Å²) in [5.74, 6) is 0.810. The third-order valence-corrected chi connectivity index (χ3v) is 12.0. The summed E-state index contributed by atoms with van der Waals surface area (Å²) < 4.78 is 8.71. The molecule has 0 bridgehead atoms. The van der Waals surface area contributed by atoms with Crippen LogP contribution < -0.4 is 5.19 Å². The van der Waals surface area contributed by atoms with Gasteiger partial charge in [-0.15, -0.1) is 54.1 Å². The summed E-state index contributed by atoms with van der Waals surface area (Å²) in [6, 6.07) is 63.0. The van der Waals surface area contributed by atoms with Crippen molar-refractivity contribution in [3.8, 4) is 39.5 Å². The number of fused-ring (bicyclic) bond motifs is 6. The van der Waals surface area contributed by atoms with Crippen LogP contribution in [0.4, 0.5) is 0 Å². The minimum absolute atomic E-state index is 0. The van der Waals surface area contributed by atoms with E-state index in [2.05, 4.69) is 151 Å². The average Bonchev–Trinajstić information content (AvgIpc) is 3.81. The number of hydrogen-bond donors (Lipinski definition) is 0. The molecule has 0 fully saturated rings. The largest absolute Gasteiger partial charge is 0.501 e. The third-order valence-electron chi connectivity index (χ3n) is 9.96. The molecule has 269 valence electrons. The minimum atomic E-state index is -1.23. The van der Waals surface area contributed by atoms with E-state index in [9.17, 15) is 0 Å². The van der Waals surface area contributed by atoms with E-state index in [-0.39, 0.29) is 20.1 Å². The molecule has 0 aliphatic carbocycles. The molecule has 6 heteroatoms. The van der Waals surface area contributed by atoms with Crippen LogP contribution in [0, 0.1) is 12.1 Å². The first-order chi connectivity index (χ1) is 26.4. The SMILES string of the molecule is C[Si](C)(C)c1ccc(-c2[c-]cccc2)nc1.[Ir].[c-]1ccc2c(oc3ccccc32)c1-c1nc2c3ccccc3ccc2n1-c1ccccc1-c1ccccc1. The fourth-order valence-corrected chi connectivity index (χ4v) is 8.19. The maximum Gasteiger partial charge on any atom is 0.120 e. The number of hydrogen-bond acceptors (Lipinski definition) is 3. The molecule has 0 saturated carbocycles. The van der Waals surface area contributed by atoms with Crippen molar-refractivity contribution in [2.24, 2.45) is 0 Å². The Hall–Kier alpha value is -5.91. The normalized spacial score (nSPS) is 11.4. The third kappa shape index (κ3) is 6.85. The summed E-state index contributed by atoms with van der Waals surface area (Å²) in [5, 5.41) is 5.84. The first-order valence-electron chi connectivity index (χ1n) is 18.2. The van der Waals surface area contributed by atoms with Gasteiger partial charge in [0.2, 0.25) is 0 Å². The summed E-state index contributed by atoms with van der Waals surface area (Å²) in [6.45, 7) is 7.00. The molecular formula is C49H37IrN3OSi-2. The first kappa shape index (κ1) is 36.1. The molecule has 3 aromatic heterocycles. The molecule has 10 rings (SSSR count). The number of para-hydroxylation sites is 2. The summed E-state index contributed by atoms with van der Waals surface area (Å²) in [6.07, 6.45) is 2.02. The van der Waals surface area contributed by atoms with E-state index in [4.69, 9.17) is 9.40 Å². The molecule has 0 aliphatic rings. The van der Waals surface area contributed by atoms with E-state index >= 15 is 0 Å². The molecule has 3 heterocycles. The van der Waals surface area contributed by atoms with Crippen LogP contribution >= 0.6 is 0 Å². The molecule has 0 unspecified atom stereocenters. The maximum atomic E-state index is 6.44. The van der Waals surface area contributed by atoms with E-state index in [0.29, 0.717) is 0 Å². The van der Waals surface area contributed by atoms with Gasteiger partial charge in [-0.1, -0.05) is 140 Å². The molecule has 0 saturated heterocycles. The van der Waals surface area contributed by atoms with Crippen molar-refractivity contribution in [2.45, 2.75) is 19.6 Å². The van der Waals surface area contributed by atoms with Gasteiger partial charge in [-0.3, -0.25) is 4.98 Å². The number of rotatable bonds is 5. The van der Waals surface area contributed by atoms with Gasteiger partial charge in [0.1, 0.15) is 5.58 Å². The molecule has 7 aromatic carbocycles. The van der Waals surface area contributed by atoms with Gasteiger partial charge in [0.25, 0.3) is 0 Å². The first-order valence-corrected chi connectivity index (χ1v) is 21.7. The average molecular weight is 904 g/mol. The minimum Gasteiger partial charge on any atom is -0.501 e. The van der Waals surface area contributed by atoms with Crippen LogP contribution in [0.15, 0.2) is 174 Å². The predicted molar refractivity (Wildman–Crippen MR) is 227 cm³/mol. The molecule has 1 radical (unpaired) electrons. The zero-order valence-electron chi connectivity index (χ0n) is 30.7. The Morgan fingerprint density at radius 2 is 1.36 bits per heavy atom. The van der Waals surface area contributed by atoms with Crippen LogP contribution in [0.25, 0.3) is 83.2 Å². The molecule has 10 aromatic rings. The van der Waals surface area contributed by atoms with E-state index in [0.717, 1.165) is 77.8 Å².